The number of benzene rings is 9. The molecule has 0 bridgehead atoms. The number of rotatable bonds is 18. The second-order valence-electron chi connectivity index (χ2n) is 21.6. The number of hydrogen-bond donors (Lipinski definition) is 0. The largest absolute Gasteiger partial charge is 0.279 e. The molecule has 0 unspecified atom stereocenters. The van der Waals surface area contributed by atoms with Crippen molar-refractivity contribution in [3.05, 3.63) is 329 Å². The first kappa shape index (κ1) is 57.1. The summed E-state index contributed by atoms with van der Waals surface area (Å²) in [5, 5.41) is 0. The van der Waals surface area contributed by atoms with E-state index in [9.17, 15) is 0 Å². The van der Waals surface area contributed by atoms with Gasteiger partial charge in [0.2, 0.25) is 35.7 Å². The van der Waals surface area contributed by atoms with Gasteiger partial charge >= 0.3 is 0 Å². The molecule has 0 N–H and O–H groups in total. The summed E-state index contributed by atoms with van der Waals surface area (Å²) in [5.74, 6) is 2.34. The maximum absolute atomic E-state index is 5.01. The van der Waals surface area contributed by atoms with Gasteiger partial charge in [-0.2, -0.15) is 0 Å². The van der Waals surface area contributed by atoms with E-state index in [4.69, 9.17) is 59.8 Å². The minimum absolute atomic E-state index is 0.242. The smallest absolute Gasteiger partial charge is 0.239 e. The van der Waals surface area contributed by atoms with Gasteiger partial charge in [0.05, 0.1) is 0 Å². The summed E-state index contributed by atoms with van der Waals surface area (Å²) in [6, 6.07) is 84.7. The lowest BCUT2D eigenvalue weighted by Crippen LogP contribution is -2.18. The lowest BCUT2D eigenvalue weighted by Gasteiger charge is -2.23. The van der Waals surface area contributed by atoms with Crippen LogP contribution in [0.2, 0.25) is 0 Å². The lowest BCUT2D eigenvalue weighted by atomic mass is 9.98. The third-order valence-electron chi connectivity index (χ3n) is 15.8. The number of anilines is 12. The molecule has 446 valence electrons. The van der Waals surface area contributed by atoms with E-state index >= 15 is 0 Å². The van der Waals surface area contributed by atoms with Crippen LogP contribution in [0.1, 0.15) is 0 Å². The molecule has 0 spiro atoms. The zero-order valence-corrected chi connectivity index (χ0v) is 50.3. The van der Waals surface area contributed by atoms with Crippen LogP contribution in [0.5, 0.6) is 0 Å². The van der Waals surface area contributed by atoms with Gasteiger partial charge in [0, 0.05) is 142 Å². The molecule has 16 heteroatoms. The Bertz CT molecular complexity index is 4350. The van der Waals surface area contributed by atoms with E-state index in [1.54, 1.807) is 42.1 Å². The minimum atomic E-state index is 0.242. The standard InChI is InChI=1S/C78H54N16/c1-7-25-61(26-8-1)91(62-27-9-2-10-28-62)73-79-43-55(44-80-73)67-37-19-22-40-70(67)58-49-85-76(86-50-58)94(77-87-51-59(52-88-77)71-41-23-20-38-68(71)56-45-81-74(82-46-56)92(63-29-11-3-12-30-63)64-31-13-4-14-32-64)78-89-53-60(54-90-78)72-42-24-21-39-69(72)57-47-83-75(84-48-57)93(65-33-15-5-16-34-65)66-35-17-6-18-36-66/h1-54H. The molecule has 0 amide bonds. The van der Waals surface area contributed by atoms with Crippen molar-refractivity contribution in [2.75, 3.05) is 19.6 Å². The van der Waals surface area contributed by atoms with Crippen LogP contribution in [0.15, 0.2) is 329 Å². The zero-order chi connectivity index (χ0) is 62.8. The zero-order valence-electron chi connectivity index (χ0n) is 50.3. The topological polar surface area (TPSA) is 168 Å². The van der Waals surface area contributed by atoms with Crippen LogP contribution in [0.3, 0.4) is 0 Å². The Morgan fingerprint density at radius 2 is 0.266 bits per heavy atom. The molecule has 0 saturated carbocycles. The van der Waals surface area contributed by atoms with Crippen LogP contribution < -0.4 is 19.6 Å². The minimum Gasteiger partial charge on any atom is -0.279 e. The van der Waals surface area contributed by atoms with Crippen molar-refractivity contribution >= 4 is 69.8 Å². The van der Waals surface area contributed by atoms with Gasteiger partial charge in [0.1, 0.15) is 0 Å². The summed E-state index contributed by atoms with van der Waals surface area (Å²) in [6.07, 6.45) is 21.8. The molecule has 0 fully saturated rings. The van der Waals surface area contributed by atoms with E-state index in [2.05, 4.69) is 0 Å². The fraction of sp³-hybridized carbons (Fsp3) is 0. The molecule has 9 aromatic carbocycles. The predicted molar refractivity (Wildman–Crippen MR) is 371 cm³/mol. The number of aromatic nitrogens is 12. The first-order valence-electron chi connectivity index (χ1n) is 30.4. The molecule has 15 aromatic rings. The van der Waals surface area contributed by atoms with Crippen molar-refractivity contribution in [1.82, 2.24) is 59.8 Å². The third-order valence-corrected chi connectivity index (χ3v) is 15.8. The summed E-state index contributed by atoms with van der Waals surface area (Å²) < 4.78 is 0. The van der Waals surface area contributed by atoms with E-state index in [0.29, 0.717) is 17.8 Å². The monoisotopic (exact) mass is 1210 g/mol. The highest BCUT2D eigenvalue weighted by Crippen LogP contribution is 2.40. The Hall–Kier alpha value is -13.3. The molecule has 0 atom stereocenters. The van der Waals surface area contributed by atoms with Gasteiger partial charge in [-0.3, -0.25) is 14.7 Å². The molecule has 94 heavy (non-hydrogen) atoms. The quantitative estimate of drug-likeness (QED) is 0.0795. The van der Waals surface area contributed by atoms with Crippen LogP contribution in [-0.2, 0) is 0 Å². The first-order valence-corrected chi connectivity index (χ1v) is 30.4. The Balaban J connectivity index is 0.760. The van der Waals surface area contributed by atoms with E-state index < -0.39 is 0 Å². The number of para-hydroxylation sites is 6. The molecular formula is C78H54N16. The molecule has 0 aliphatic rings. The average molecular weight is 1220 g/mol. The van der Waals surface area contributed by atoms with Crippen molar-refractivity contribution < 1.29 is 0 Å². The van der Waals surface area contributed by atoms with Gasteiger partial charge in [-0.05, 0) is 106 Å². The number of hydrogen-bond acceptors (Lipinski definition) is 16. The Kier molecular flexibility index (Phi) is 16.0. The summed E-state index contributed by atoms with van der Waals surface area (Å²) in [6.45, 7) is 0. The van der Waals surface area contributed by atoms with Crippen LogP contribution in [0.4, 0.5) is 69.8 Å². The molecule has 6 heterocycles. The molecule has 6 aromatic heterocycles. The van der Waals surface area contributed by atoms with Crippen LogP contribution in [0, 0.1) is 0 Å². The summed E-state index contributed by atoms with van der Waals surface area (Å²) in [4.78, 5) is 67.4. The summed E-state index contributed by atoms with van der Waals surface area (Å²) in [5.41, 5.74) is 15.7. The van der Waals surface area contributed by atoms with Crippen LogP contribution >= 0.6 is 0 Å². The van der Waals surface area contributed by atoms with E-state index in [1.165, 1.54) is 0 Å². The first-order chi connectivity index (χ1) is 46.6. The van der Waals surface area contributed by atoms with Crippen molar-refractivity contribution in [3.63, 3.8) is 0 Å². The van der Waals surface area contributed by atoms with Crippen molar-refractivity contribution in [2.45, 2.75) is 0 Å². The maximum Gasteiger partial charge on any atom is 0.239 e. The SMILES string of the molecule is c1ccc(N(c2ccccc2)c2ncc(-c3ccccc3-c3cnc(N(c4ncc(-c5ccccc5-c5cnc(N(c6ccccc6)c6ccccc6)nc5)cn4)c4ncc(-c5ccccc5-c5cnc(N(c6ccccc6)c6ccccc6)nc5)cn4)nc3)cn2)cc1. The van der Waals surface area contributed by atoms with Crippen molar-refractivity contribution in [3.8, 4) is 66.8 Å². The van der Waals surface area contributed by atoms with Crippen molar-refractivity contribution in [2.24, 2.45) is 0 Å². The third kappa shape index (κ3) is 11.9. The Labute approximate surface area is 542 Å². The molecule has 16 nitrogen and oxygen atoms in total. The number of nitrogens with zero attached hydrogens (tertiary/aromatic N) is 16. The average Bonchev–Trinajstić information content (AvgIpc) is 1.40. The molecule has 0 aliphatic heterocycles. The Morgan fingerprint density at radius 3 is 0.415 bits per heavy atom. The van der Waals surface area contributed by atoms with Crippen LogP contribution in [0.25, 0.3) is 66.8 Å². The van der Waals surface area contributed by atoms with E-state index in [0.717, 1.165) is 101 Å². The highest BCUT2D eigenvalue weighted by Gasteiger charge is 2.25. The van der Waals surface area contributed by atoms with Crippen molar-refractivity contribution in [1.29, 1.82) is 0 Å². The van der Waals surface area contributed by atoms with E-state index in [-0.39, 0.29) is 17.8 Å². The summed E-state index contributed by atoms with van der Waals surface area (Å²) in [7, 11) is 0. The fourth-order valence-corrected chi connectivity index (χ4v) is 11.3. The second-order valence-corrected chi connectivity index (χ2v) is 21.6. The second kappa shape index (κ2) is 26.4. The fourth-order valence-electron chi connectivity index (χ4n) is 11.3. The van der Waals surface area contributed by atoms with Gasteiger partial charge < -0.3 is 0 Å². The van der Waals surface area contributed by atoms with Crippen LogP contribution in [-0.4, -0.2) is 59.8 Å². The van der Waals surface area contributed by atoms with Gasteiger partial charge in [-0.1, -0.05) is 182 Å². The molecule has 0 aliphatic carbocycles. The molecular weight excluding hydrogens is 1160 g/mol. The highest BCUT2D eigenvalue weighted by atomic mass is 15.4. The lowest BCUT2D eigenvalue weighted by molar-refractivity contribution is 0.958. The molecule has 15 rings (SSSR count). The molecule has 0 radical (unpaired) electrons. The maximum atomic E-state index is 5.01. The normalized spacial score (nSPS) is 11.0. The van der Waals surface area contributed by atoms with Gasteiger partial charge in [-0.25, -0.2) is 64.7 Å². The Morgan fingerprint density at radius 1 is 0.138 bits per heavy atom. The van der Waals surface area contributed by atoms with Gasteiger partial charge in [-0.15, -0.1) is 0 Å². The summed E-state index contributed by atoms with van der Waals surface area (Å²) >= 11 is 0. The predicted octanol–water partition coefficient (Wildman–Crippen LogP) is 18.3. The van der Waals surface area contributed by atoms with Gasteiger partial charge in [0.25, 0.3) is 0 Å². The van der Waals surface area contributed by atoms with Gasteiger partial charge in [0.15, 0.2) is 0 Å². The molecule has 0 saturated heterocycles. The highest BCUT2D eigenvalue weighted by molar-refractivity contribution is 5.87. The van der Waals surface area contributed by atoms with E-state index in [1.807, 2.05) is 307 Å².